The highest BCUT2D eigenvalue weighted by molar-refractivity contribution is 8.01. The van der Waals surface area contributed by atoms with Crippen LogP contribution in [0, 0.1) is 0 Å². The van der Waals surface area contributed by atoms with Crippen molar-refractivity contribution in [1.29, 1.82) is 0 Å². The number of halogens is 17. The predicted octanol–water partition coefficient (Wildman–Crippen LogP) is 6.86. The molecule has 4 nitrogen and oxygen atoms in total. The zero-order valence-corrected chi connectivity index (χ0v) is 19.5. The van der Waals surface area contributed by atoms with Crippen LogP contribution in [0.25, 0.3) is 0 Å². The molecule has 0 aliphatic heterocycles. The number of hydrogen-bond donors (Lipinski definition) is 1. The zero-order valence-electron chi connectivity index (χ0n) is 17.0. The molecular weight excluding hydrogens is 647 g/mol. The number of esters is 1. The fourth-order valence-corrected chi connectivity index (χ4v) is 4.34. The predicted molar refractivity (Wildman–Crippen MR) is 94.1 cm³/mol. The van der Waals surface area contributed by atoms with Crippen LogP contribution in [0.2, 0.25) is 0 Å². The van der Waals surface area contributed by atoms with Gasteiger partial charge in [0.15, 0.2) is 15.3 Å². The number of carbonyl (C=O) groups is 1. The summed E-state index contributed by atoms with van der Waals surface area (Å²) in [5.74, 6) is -44.3. The molecule has 222 valence electrons. The Morgan fingerprint density at radius 3 is 1.61 bits per heavy atom. The summed E-state index contributed by atoms with van der Waals surface area (Å²) in [5, 5.41) is 6.78. The highest BCUT2D eigenvalue weighted by Gasteiger charge is 2.97. The first-order valence-electron chi connectivity index (χ1n) is 8.64. The summed E-state index contributed by atoms with van der Waals surface area (Å²) in [7, 11) is 0. The Bertz CT molecular complexity index is 993. The number of carbonyl (C=O) groups excluding carboxylic acids is 1. The number of nitrogens with zero attached hydrogens (tertiary/aromatic N) is 2. The molecule has 1 unspecified atom stereocenters. The normalized spacial score (nSPS) is 16.4. The zero-order chi connectivity index (χ0) is 30.4. The molecule has 0 amide bonds. The number of hydrogen-bond acceptors (Lipinski definition) is 7. The van der Waals surface area contributed by atoms with Crippen LogP contribution in [0.5, 0.6) is 0 Å². The lowest BCUT2D eigenvalue weighted by atomic mass is 9.78. The van der Waals surface area contributed by atoms with E-state index >= 15 is 0 Å². The first-order valence-corrected chi connectivity index (χ1v) is 10.9. The highest BCUT2D eigenvalue weighted by atomic mass is 32.2. The summed E-state index contributed by atoms with van der Waals surface area (Å²) in [6.45, 7) is -3.65. The summed E-state index contributed by atoms with van der Waals surface area (Å²) in [4.78, 5) is 11.4. The van der Waals surface area contributed by atoms with Gasteiger partial charge in [0.05, 0.1) is 6.42 Å². The van der Waals surface area contributed by atoms with Crippen molar-refractivity contribution in [2.24, 2.45) is 0 Å². The van der Waals surface area contributed by atoms with Gasteiger partial charge in [-0.25, -0.2) is 4.39 Å². The van der Waals surface area contributed by atoms with Gasteiger partial charge >= 0.3 is 53.6 Å². The standard InChI is InChI=1S/C14H7F17N2O2S3/c15-7(16,3-35-4(34)1-2-37-6-33-32-5(36)38-6)8(17,10(20,21)13(26,27)28)9(18,19)11(22,23)12(24,25)14(29,30)31/h1-3H2,(H,32,36). The van der Waals surface area contributed by atoms with Gasteiger partial charge in [-0.2, -0.15) is 70.2 Å². The van der Waals surface area contributed by atoms with Gasteiger partial charge in [-0.05, 0) is 0 Å². The number of thiol groups is 1. The van der Waals surface area contributed by atoms with Crippen LogP contribution in [-0.2, 0) is 9.53 Å². The maximum Gasteiger partial charge on any atom is 0.460 e. The summed E-state index contributed by atoms with van der Waals surface area (Å²) < 4.78 is 229. The first-order chi connectivity index (χ1) is 16.6. The minimum atomic E-state index is -8.83. The number of ether oxygens (including phenoxy) is 1. The number of thioether (sulfide) groups is 1. The average Bonchev–Trinajstić information content (AvgIpc) is 3.14. The highest BCUT2D eigenvalue weighted by Crippen LogP contribution is 2.65. The lowest BCUT2D eigenvalue weighted by Crippen LogP contribution is -2.79. The Labute approximate surface area is 211 Å². The second-order valence-corrected chi connectivity index (χ2v) is 9.81. The van der Waals surface area contributed by atoms with E-state index in [1.54, 1.807) is 0 Å². The molecule has 0 spiro atoms. The Morgan fingerprint density at radius 2 is 1.21 bits per heavy atom. The van der Waals surface area contributed by atoms with Crippen molar-refractivity contribution >= 4 is 41.7 Å². The molecule has 0 saturated heterocycles. The molecule has 1 aromatic heterocycles. The third-order valence-corrected chi connectivity index (χ3v) is 6.44. The van der Waals surface area contributed by atoms with Crippen molar-refractivity contribution in [3.8, 4) is 0 Å². The molecular formula is C14H7F17N2O2S3. The second-order valence-electron chi connectivity index (χ2n) is 6.77. The van der Waals surface area contributed by atoms with Gasteiger partial charge in [0.1, 0.15) is 0 Å². The summed E-state index contributed by atoms with van der Waals surface area (Å²) in [6, 6.07) is 0. The molecule has 0 saturated carbocycles. The average molecular weight is 654 g/mol. The largest absolute Gasteiger partial charge is 0.460 e. The molecule has 38 heavy (non-hydrogen) atoms. The number of rotatable bonds is 11. The van der Waals surface area contributed by atoms with E-state index < -0.39 is 72.4 Å². The van der Waals surface area contributed by atoms with Crippen LogP contribution in [0.1, 0.15) is 6.42 Å². The van der Waals surface area contributed by atoms with E-state index in [9.17, 15) is 79.4 Å². The monoisotopic (exact) mass is 654 g/mol. The Morgan fingerprint density at radius 1 is 0.737 bits per heavy atom. The SMILES string of the molecule is O=C(CCSc1nnc(S)s1)OCC(F)(F)C(F)(C(F)(F)C(F)(F)F)C(F)(F)C(F)(F)C(F)(F)C(F)(F)F. The second kappa shape index (κ2) is 10.5. The maximum atomic E-state index is 14.6. The van der Waals surface area contributed by atoms with Gasteiger partial charge in [0, 0.05) is 5.75 Å². The smallest absolute Gasteiger partial charge is 0.459 e. The molecule has 1 atom stereocenters. The van der Waals surface area contributed by atoms with Gasteiger partial charge in [0.2, 0.25) is 0 Å². The van der Waals surface area contributed by atoms with Crippen molar-refractivity contribution in [2.75, 3.05) is 12.4 Å². The third kappa shape index (κ3) is 5.70. The summed E-state index contributed by atoms with van der Waals surface area (Å²) in [6.07, 6.45) is -17.0. The summed E-state index contributed by atoms with van der Waals surface area (Å²) >= 11 is 5.09. The van der Waals surface area contributed by atoms with Crippen LogP contribution in [0.15, 0.2) is 8.68 Å². The third-order valence-electron chi connectivity index (χ3n) is 4.21. The van der Waals surface area contributed by atoms with E-state index in [1.165, 1.54) is 0 Å². The first kappa shape index (κ1) is 34.6. The lowest BCUT2D eigenvalue weighted by molar-refractivity contribution is -0.463. The van der Waals surface area contributed by atoms with Crippen molar-refractivity contribution in [2.45, 2.75) is 62.7 Å². The fourth-order valence-electron chi connectivity index (χ4n) is 2.27. The van der Waals surface area contributed by atoms with Crippen LogP contribution in [0.3, 0.4) is 0 Å². The quantitative estimate of drug-likeness (QED) is 0.122. The van der Waals surface area contributed by atoms with E-state index in [-0.39, 0.29) is 8.68 Å². The van der Waals surface area contributed by atoms with Crippen LogP contribution in [-0.4, -0.2) is 76.2 Å². The van der Waals surface area contributed by atoms with Crippen molar-refractivity contribution in [3.63, 3.8) is 0 Å². The molecule has 0 N–H and O–H groups in total. The molecule has 0 fully saturated rings. The topological polar surface area (TPSA) is 52.1 Å². The molecule has 24 heteroatoms. The van der Waals surface area contributed by atoms with Gasteiger partial charge in [-0.15, -0.1) is 22.8 Å². The fraction of sp³-hybridized carbons (Fsp3) is 0.786. The Kier molecular flexibility index (Phi) is 9.55. The molecule has 0 aromatic carbocycles. The minimum Gasteiger partial charge on any atom is -0.459 e. The van der Waals surface area contributed by atoms with E-state index in [2.05, 4.69) is 27.6 Å². The molecule has 0 bridgehead atoms. The molecule has 1 heterocycles. The van der Waals surface area contributed by atoms with Crippen molar-refractivity contribution in [3.05, 3.63) is 0 Å². The van der Waals surface area contributed by atoms with Gasteiger partial charge in [0.25, 0.3) is 0 Å². The molecule has 0 aliphatic rings. The van der Waals surface area contributed by atoms with E-state index in [0.29, 0.717) is 11.8 Å². The lowest BCUT2D eigenvalue weighted by Gasteiger charge is -2.46. The Hall–Kier alpha value is -1.46. The van der Waals surface area contributed by atoms with Crippen molar-refractivity contribution in [1.82, 2.24) is 10.2 Å². The van der Waals surface area contributed by atoms with Gasteiger partial charge in [-0.3, -0.25) is 4.79 Å². The van der Waals surface area contributed by atoms with Crippen LogP contribution in [0.4, 0.5) is 74.6 Å². The van der Waals surface area contributed by atoms with Gasteiger partial charge < -0.3 is 4.74 Å². The Balaban J connectivity index is 3.43. The summed E-state index contributed by atoms with van der Waals surface area (Å²) in [5.41, 5.74) is -8.58. The minimum absolute atomic E-state index is 0.0493. The van der Waals surface area contributed by atoms with Gasteiger partial charge in [-0.1, -0.05) is 23.1 Å². The maximum absolute atomic E-state index is 14.6. The van der Waals surface area contributed by atoms with E-state index in [1.807, 2.05) is 0 Å². The number of aromatic nitrogens is 2. The van der Waals surface area contributed by atoms with Crippen molar-refractivity contribution < 1.29 is 84.2 Å². The number of alkyl halides is 17. The van der Waals surface area contributed by atoms with E-state index in [0.717, 1.165) is 11.3 Å². The molecule has 1 aromatic rings. The van der Waals surface area contributed by atoms with Crippen LogP contribution >= 0.6 is 35.7 Å². The van der Waals surface area contributed by atoms with Crippen LogP contribution < -0.4 is 0 Å². The molecule has 0 radical (unpaired) electrons. The van der Waals surface area contributed by atoms with E-state index in [4.69, 9.17) is 0 Å². The molecule has 1 rings (SSSR count). The molecule has 0 aliphatic carbocycles.